The van der Waals surface area contributed by atoms with Gasteiger partial charge in [0.25, 0.3) is 0 Å². The van der Waals surface area contributed by atoms with Crippen LogP contribution in [0.2, 0.25) is 0 Å². The molecule has 2 rings (SSSR count). The van der Waals surface area contributed by atoms with Crippen LogP contribution in [-0.4, -0.2) is 8.42 Å². The van der Waals surface area contributed by atoms with Crippen LogP contribution in [0.5, 0.6) is 0 Å². The lowest BCUT2D eigenvalue weighted by atomic mass is 10.1. The summed E-state index contributed by atoms with van der Waals surface area (Å²) in [6.07, 6.45) is 0. The van der Waals surface area contributed by atoms with Crippen molar-refractivity contribution in [3.63, 3.8) is 0 Å². The summed E-state index contributed by atoms with van der Waals surface area (Å²) < 4.78 is 26.9. The summed E-state index contributed by atoms with van der Waals surface area (Å²) in [5.74, 6) is 0. The average molecular weight is 236 g/mol. The number of nitrogens with one attached hydrogen (secondary N) is 1. The van der Waals surface area contributed by atoms with E-state index in [0.717, 1.165) is 10.8 Å². The highest BCUT2D eigenvalue weighted by Gasteiger charge is 2.15. The first-order valence-corrected chi connectivity index (χ1v) is 5.83. The minimum atomic E-state index is -3.96. The summed E-state index contributed by atoms with van der Waals surface area (Å²) >= 11 is 0. The number of hydrogen-bond donors (Lipinski definition) is 1. The highest BCUT2D eigenvalue weighted by atomic mass is 32.2. The summed E-state index contributed by atoms with van der Waals surface area (Å²) in [7, 11) is -3.96. The van der Waals surface area contributed by atoms with Gasteiger partial charge in [-0.15, -0.1) is 0 Å². The van der Waals surface area contributed by atoms with E-state index in [-0.39, 0.29) is 4.90 Å². The smallest absolute Gasteiger partial charge is 0.245 e. The van der Waals surface area contributed by atoms with Crippen molar-refractivity contribution >= 4 is 20.9 Å². The van der Waals surface area contributed by atoms with Crippen molar-refractivity contribution in [3.8, 4) is 0 Å². The van der Waals surface area contributed by atoms with Crippen molar-refractivity contribution in [1.29, 1.82) is 5.53 Å². The van der Waals surface area contributed by atoms with E-state index in [1.807, 2.05) is 18.2 Å². The molecule has 0 aromatic heterocycles. The quantitative estimate of drug-likeness (QED) is 0.656. The van der Waals surface area contributed by atoms with Gasteiger partial charge in [0.15, 0.2) is 0 Å². The van der Waals surface area contributed by atoms with Gasteiger partial charge in [-0.1, -0.05) is 30.3 Å². The van der Waals surface area contributed by atoms with Gasteiger partial charge in [0.05, 0.1) is 0 Å². The second-order valence-electron chi connectivity index (χ2n) is 3.13. The van der Waals surface area contributed by atoms with E-state index in [0.29, 0.717) is 0 Å². The lowest BCUT2D eigenvalue weighted by Gasteiger charge is -2.02. The van der Waals surface area contributed by atoms with E-state index in [1.54, 1.807) is 12.1 Å². The van der Waals surface area contributed by atoms with Crippen LogP contribution in [0.25, 0.3) is 10.8 Å². The number of rotatable bonds is 3. The highest BCUT2D eigenvalue weighted by Crippen LogP contribution is 2.20. The van der Waals surface area contributed by atoms with Crippen LogP contribution < -0.4 is 0 Å². The van der Waals surface area contributed by atoms with E-state index in [9.17, 15) is 8.42 Å². The molecule has 0 amide bonds. The van der Waals surface area contributed by atoms with Crippen molar-refractivity contribution < 1.29 is 12.7 Å². The minimum Gasteiger partial charge on any atom is -0.245 e. The van der Waals surface area contributed by atoms with Gasteiger partial charge >= 0.3 is 10.1 Å². The summed E-state index contributed by atoms with van der Waals surface area (Å²) in [6.45, 7) is 0. The standard InChI is InChI=1S/C10H8N2O3S/c11-12-15-16(13,14)10-6-5-8-3-1-2-4-9(8)7-10/h1-7,11H. The molecule has 16 heavy (non-hydrogen) atoms. The Labute approximate surface area is 92.3 Å². The van der Waals surface area contributed by atoms with Crippen LogP contribution in [0.15, 0.2) is 52.6 Å². The molecule has 0 bridgehead atoms. The van der Waals surface area contributed by atoms with Crippen molar-refractivity contribution in [2.24, 2.45) is 5.28 Å². The van der Waals surface area contributed by atoms with E-state index in [4.69, 9.17) is 5.53 Å². The van der Waals surface area contributed by atoms with E-state index in [1.165, 1.54) is 12.1 Å². The van der Waals surface area contributed by atoms with Crippen molar-refractivity contribution in [1.82, 2.24) is 0 Å². The molecule has 0 spiro atoms. The fourth-order valence-corrected chi connectivity index (χ4v) is 2.11. The molecular formula is C10H8N2O3S. The third-order valence-corrected chi connectivity index (χ3v) is 3.25. The van der Waals surface area contributed by atoms with Gasteiger partial charge in [-0.3, -0.25) is 0 Å². The molecule has 0 radical (unpaired) electrons. The molecule has 0 aliphatic carbocycles. The van der Waals surface area contributed by atoms with Crippen molar-refractivity contribution in [2.45, 2.75) is 4.90 Å². The van der Waals surface area contributed by atoms with Gasteiger partial charge in [0.1, 0.15) is 4.90 Å². The van der Waals surface area contributed by atoms with Crippen molar-refractivity contribution in [3.05, 3.63) is 42.5 Å². The summed E-state index contributed by atoms with van der Waals surface area (Å²) in [5.41, 5.74) is 6.39. The second-order valence-corrected chi connectivity index (χ2v) is 4.66. The van der Waals surface area contributed by atoms with Crippen molar-refractivity contribution in [2.75, 3.05) is 0 Å². The Morgan fingerprint density at radius 1 is 1.06 bits per heavy atom. The average Bonchev–Trinajstić information content (AvgIpc) is 2.28. The number of fused-ring (bicyclic) bond motifs is 1. The predicted octanol–water partition coefficient (Wildman–Crippen LogP) is 2.49. The fourth-order valence-electron chi connectivity index (χ4n) is 1.42. The molecule has 82 valence electrons. The van der Waals surface area contributed by atoms with Crippen LogP contribution >= 0.6 is 0 Å². The molecule has 0 heterocycles. The van der Waals surface area contributed by atoms with E-state index < -0.39 is 10.1 Å². The molecule has 2 aromatic carbocycles. The number of hydrogen-bond acceptors (Lipinski definition) is 5. The first kappa shape index (κ1) is 10.6. The monoisotopic (exact) mass is 236 g/mol. The first-order valence-electron chi connectivity index (χ1n) is 4.43. The zero-order chi connectivity index (χ0) is 11.6. The Morgan fingerprint density at radius 3 is 2.44 bits per heavy atom. The fraction of sp³-hybridized carbons (Fsp3) is 0. The molecule has 0 fully saturated rings. The molecule has 0 saturated carbocycles. The number of benzene rings is 2. The molecule has 0 unspecified atom stereocenters. The maximum absolute atomic E-state index is 11.4. The highest BCUT2D eigenvalue weighted by molar-refractivity contribution is 7.86. The Balaban J connectivity index is 2.59. The van der Waals surface area contributed by atoms with Crippen LogP contribution in [0.1, 0.15) is 0 Å². The SMILES string of the molecule is N=NOS(=O)(=O)c1ccc2ccccc2c1. The van der Waals surface area contributed by atoms with Gasteiger partial charge in [0.2, 0.25) is 0 Å². The Morgan fingerprint density at radius 2 is 1.75 bits per heavy atom. The Bertz CT molecular complexity index is 637. The molecule has 0 aliphatic heterocycles. The van der Waals surface area contributed by atoms with Gasteiger partial charge < -0.3 is 0 Å². The minimum absolute atomic E-state index is 0.0119. The molecule has 0 atom stereocenters. The molecule has 5 nitrogen and oxygen atoms in total. The lowest BCUT2D eigenvalue weighted by molar-refractivity contribution is 0.301. The van der Waals surface area contributed by atoms with E-state index >= 15 is 0 Å². The van der Waals surface area contributed by atoms with Gasteiger partial charge in [-0.25, -0.2) is 4.28 Å². The molecule has 6 heteroatoms. The zero-order valence-electron chi connectivity index (χ0n) is 8.12. The lowest BCUT2D eigenvalue weighted by Crippen LogP contribution is -2.01. The maximum atomic E-state index is 11.4. The van der Waals surface area contributed by atoms with Crippen LogP contribution in [0, 0.1) is 5.53 Å². The number of nitrogens with zero attached hydrogens (tertiary/aromatic N) is 1. The van der Waals surface area contributed by atoms with Gasteiger partial charge in [-0.2, -0.15) is 13.9 Å². The summed E-state index contributed by atoms with van der Waals surface area (Å²) in [5, 5.41) is 4.15. The Kier molecular flexibility index (Phi) is 2.57. The summed E-state index contributed by atoms with van der Waals surface area (Å²) in [4.78, 5) is -0.0119. The van der Waals surface area contributed by atoms with Gasteiger partial charge in [0, 0.05) is 5.28 Å². The first-order chi connectivity index (χ1) is 7.63. The molecule has 1 N–H and O–H groups in total. The third-order valence-electron chi connectivity index (χ3n) is 2.14. The van der Waals surface area contributed by atoms with Crippen LogP contribution in [-0.2, 0) is 14.4 Å². The summed E-state index contributed by atoms with van der Waals surface area (Å²) in [6, 6.07) is 11.9. The van der Waals surface area contributed by atoms with E-state index in [2.05, 4.69) is 9.56 Å². The third kappa shape index (κ3) is 1.87. The van der Waals surface area contributed by atoms with Crippen LogP contribution in [0.4, 0.5) is 0 Å². The molecule has 2 aromatic rings. The molecule has 0 saturated heterocycles. The maximum Gasteiger partial charge on any atom is 0.359 e. The second kappa shape index (κ2) is 3.90. The Hall–Kier alpha value is -1.95. The zero-order valence-corrected chi connectivity index (χ0v) is 8.94. The topological polar surface area (TPSA) is 79.6 Å². The normalized spacial score (nSPS) is 11.2. The van der Waals surface area contributed by atoms with Crippen LogP contribution in [0.3, 0.4) is 0 Å². The van der Waals surface area contributed by atoms with Gasteiger partial charge in [-0.05, 0) is 22.9 Å². The largest absolute Gasteiger partial charge is 0.359 e. The predicted molar refractivity (Wildman–Crippen MR) is 57.4 cm³/mol. The molecular weight excluding hydrogens is 228 g/mol. The molecule has 0 aliphatic rings.